The lowest BCUT2D eigenvalue weighted by molar-refractivity contribution is -0.166. The van der Waals surface area contributed by atoms with E-state index in [-0.39, 0.29) is 18.1 Å². The Balaban J connectivity index is 1.59. The molecule has 3 aliphatic heterocycles. The van der Waals surface area contributed by atoms with Crippen molar-refractivity contribution in [1.29, 1.82) is 5.26 Å². The zero-order chi connectivity index (χ0) is 16.0. The molecule has 0 aliphatic carbocycles. The first kappa shape index (κ1) is 14.4. The van der Waals surface area contributed by atoms with Gasteiger partial charge in [0.15, 0.2) is 0 Å². The minimum Gasteiger partial charge on any atom is -0.363 e. The van der Waals surface area contributed by atoms with E-state index in [0.29, 0.717) is 30.3 Å². The molecule has 3 saturated heterocycles. The molecular weight excluding hydrogens is 294 g/mol. The van der Waals surface area contributed by atoms with Crippen LogP contribution in [0.15, 0.2) is 12.3 Å². The van der Waals surface area contributed by atoms with Crippen LogP contribution in [0.2, 0.25) is 0 Å². The Kier molecular flexibility index (Phi) is 3.23. The van der Waals surface area contributed by atoms with Crippen molar-refractivity contribution < 1.29 is 9.53 Å². The lowest BCUT2D eigenvalue weighted by Gasteiger charge is -2.49. The van der Waals surface area contributed by atoms with Gasteiger partial charge >= 0.3 is 0 Å². The molecule has 0 saturated carbocycles. The summed E-state index contributed by atoms with van der Waals surface area (Å²) in [7, 11) is 1.85. The van der Waals surface area contributed by atoms with Crippen LogP contribution < -0.4 is 4.90 Å². The van der Waals surface area contributed by atoms with Crippen LogP contribution in [-0.2, 0) is 9.53 Å². The lowest BCUT2D eigenvalue weighted by Crippen LogP contribution is -2.61. The summed E-state index contributed by atoms with van der Waals surface area (Å²) in [5.41, 5.74) is 0.159. The van der Waals surface area contributed by atoms with Crippen LogP contribution in [0.1, 0.15) is 31.4 Å². The fourth-order valence-corrected chi connectivity index (χ4v) is 4.30. The number of carbonyl (C=O) groups excluding carboxylic acids is 1. The van der Waals surface area contributed by atoms with E-state index >= 15 is 0 Å². The monoisotopic (exact) mass is 313 g/mol. The third-order valence-electron chi connectivity index (χ3n) is 5.28. The summed E-state index contributed by atoms with van der Waals surface area (Å²) in [4.78, 5) is 24.5. The Hall–Kier alpha value is -2.20. The molecule has 0 radical (unpaired) electrons. The molecule has 120 valence electrons. The summed E-state index contributed by atoms with van der Waals surface area (Å²) in [6.07, 6.45) is 5.55. The van der Waals surface area contributed by atoms with Gasteiger partial charge in [-0.05, 0) is 31.7 Å². The topological polar surface area (TPSA) is 82.3 Å². The normalized spacial score (nSPS) is 33.1. The van der Waals surface area contributed by atoms with Crippen molar-refractivity contribution in [3.05, 3.63) is 18.0 Å². The second kappa shape index (κ2) is 5.17. The number of aromatic nitrogens is 2. The largest absolute Gasteiger partial charge is 0.363 e. The molecule has 3 aliphatic rings. The summed E-state index contributed by atoms with van der Waals surface area (Å²) < 4.78 is 5.99. The minimum atomic E-state index is -0.238. The van der Waals surface area contributed by atoms with E-state index < -0.39 is 0 Å². The molecule has 3 fully saturated rings. The zero-order valence-corrected chi connectivity index (χ0v) is 13.1. The molecule has 4 heterocycles. The number of carbonyl (C=O) groups is 1. The fraction of sp³-hybridized carbons (Fsp3) is 0.625. The number of likely N-dealkylation sites (N-methyl/N-ethyl adjacent to an activating group) is 1. The van der Waals surface area contributed by atoms with Gasteiger partial charge in [0.05, 0.1) is 5.60 Å². The number of piperidine rings is 1. The number of hydrogen-bond acceptors (Lipinski definition) is 6. The summed E-state index contributed by atoms with van der Waals surface area (Å²) in [6, 6.07) is 4.32. The van der Waals surface area contributed by atoms with Crippen LogP contribution in [-0.4, -0.2) is 58.7 Å². The highest BCUT2D eigenvalue weighted by atomic mass is 16.5. The van der Waals surface area contributed by atoms with Crippen molar-refractivity contribution in [3.8, 4) is 6.07 Å². The number of morpholine rings is 1. The first-order valence-corrected chi connectivity index (χ1v) is 8.00. The summed E-state index contributed by atoms with van der Waals surface area (Å²) >= 11 is 0. The molecular formula is C16H19N5O2. The van der Waals surface area contributed by atoms with Gasteiger partial charge in [0, 0.05) is 31.9 Å². The second-order valence-corrected chi connectivity index (χ2v) is 6.78. The van der Waals surface area contributed by atoms with Crippen molar-refractivity contribution in [2.45, 2.75) is 43.4 Å². The minimum absolute atomic E-state index is 0.0513. The summed E-state index contributed by atoms with van der Waals surface area (Å²) in [5.74, 6) is 0.696. The van der Waals surface area contributed by atoms with Gasteiger partial charge in [0.1, 0.15) is 18.4 Å². The quantitative estimate of drug-likeness (QED) is 0.759. The van der Waals surface area contributed by atoms with E-state index in [0.717, 1.165) is 25.7 Å². The van der Waals surface area contributed by atoms with E-state index in [9.17, 15) is 4.79 Å². The van der Waals surface area contributed by atoms with Crippen molar-refractivity contribution in [2.24, 2.45) is 0 Å². The zero-order valence-electron chi connectivity index (χ0n) is 13.1. The molecule has 2 unspecified atom stereocenters. The predicted octanol–water partition coefficient (Wildman–Crippen LogP) is 0.707. The van der Waals surface area contributed by atoms with Gasteiger partial charge in [-0.25, -0.2) is 9.97 Å². The first-order valence-electron chi connectivity index (χ1n) is 8.00. The van der Waals surface area contributed by atoms with E-state index in [1.165, 1.54) is 0 Å². The molecule has 4 rings (SSSR count). The van der Waals surface area contributed by atoms with Gasteiger partial charge in [-0.15, -0.1) is 0 Å². The van der Waals surface area contributed by atoms with Crippen LogP contribution >= 0.6 is 0 Å². The highest BCUT2D eigenvalue weighted by Crippen LogP contribution is 2.45. The molecule has 1 aromatic heterocycles. The van der Waals surface area contributed by atoms with E-state index in [2.05, 4.69) is 20.9 Å². The number of rotatable bonds is 1. The summed E-state index contributed by atoms with van der Waals surface area (Å²) in [6.45, 7) is 0.835. The number of anilines is 1. The highest BCUT2D eigenvalue weighted by Gasteiger charge is 2.52. The average Bonchev–Trinajstić information content (AvgIpc) is 2.84. The van der Waals surface area contributed by atoms with Gasteiger partial charge in [0.2, 0.25) is 11.9 Å². The Morgan fingerprint density at radius 3 is 2.78 bits per heavy atom. The van der Waals surface area contributed by atoms with E-state index in [1.54, 1.807) is 17.2 Å². The van der Waals surface area contributed by atoms with E-state index in [1.807, 2.05) is 7.05 Å². The van der Waals surface area contributed by atoms with E-state index in [4.69, 9.17) is 10.00 Å². The molecule has 0 N–H and O–H groups in total. The van der Waals surface area contributed by atoms with Crippen molar-refractivity contribution in [2.75, 3.05) is 25.1 Å². The smallest absolute Gasteiger partial charge is 0.248 e. The van der Waals surface area contributed by atoms with Crippen molar-refractivity contribution in [3.63, 3.8) is 0 Å². The Morgan fingerprint density at radius 1 is 1.39 bits per heavy atom. The molecule has 1 spiro atoms. The molecule has 23 heavy (non-hydrogen) atoms. The number of hydrogen-bond donors (Lipinski definition) is 0. The molecule has 1 amide bonds. The van der Waals surface area contributed by atoms with Gasteiger partial charge in [0.25, 0.3) is 0 Å². The standard InChI is InChI=1S/C16H19N5O2/c1-20-10-16(23-9-14(20)22)6-12-2-3-13(7-16)21(12)15-18-5-4-11(8-17)19-15/h4-5,12-13H,2-3,6-7,9-10H2,1H3. The van der Waals surface area contributed by atoms with Crippen LogP contribution in [0, 0.1) is 11.3 Å². The molecule has 7 heteroatoms. The molecule has 1 aromatic rings. The van der Waals surface area contributed by atoms with Gasteiger partial charge in [-0.1, -0.05) is 0 Å². The number of ether oxygens (including phenoxy) is 1. The van der Waals surface area contributed by atoms with Crippen LogP contribution in [0.25, 0.3) is 0 Å². The van der Waals surface area contributed by atoms with Gasteiger partial charge < -0.3 is 14.5 Å². The lowest BCUT2D eigenvalue weighted by atomic mass is 9.84. The van der Waals surface area contributed by atoms with Crippen LogP contribution in [0.5, 0.6) is 0 Å². The van der Waals surface area contributed by atoms with Crippen LogP contribution in [0.3, 0.4) is 0 Å². The Morgan fingerprint density at radius 2 is 2.13 bits per heavy atom. The number of fused-ring (bicyclic) bond motifs is 2. The molecule has 0 aromatic carbocycles. The second-order valence-electron chi connectivity index (χ2n) is 6.78. The predicted molar refractivity (Wildman–Crippen MR) is 81.6 cm³/mol. The Bertz CT molecular complexity index is 671. The molecule has 2 atom stereocenters. The maximum atomic E-state index is 11.7. The third-order valence-corrected chi connectivity index (χ3v) is 5.28. The van der Waals surface area contributed by atoms with Crippen molar-refractivity contribution >= 4 is 11.9 Å². The first-order chi connectivity index (χ1) is 11.1. The number of nitrogens with zero attached hydrogens (tertiary/aromatic N) is 5. The molecule has 7 nitrogen and oxygen atoms in total. The van der Waals surface area contributed by atoms with Gasteiger partial charge in [-0.3, -0.25) is 4.79 Å². The SMILES string of the molecule is CN1CC2(CC3CCC(C2)N3c2nccc(C#N)n2)OCC1=O. The average molecular weight is 313 g/mol. The molecule has 2 bridgehead atoms. The van der Waals surface area contributed by atoms with Gasteiger partial charge in [-0.2, -0.15) is 5.26 Å². The number of amides is 1. The van der Waals surface area contributed by atoms with Crippen molar-refractivity contribution in [1.82, 2.24) is 14.9 Å². The third kappa shape index (κ3) is 2.34. The van der Waals surface area contributed by atoms with Crippen LogP contribution in [0.4, 0.5) is 5.95 Å². The maximum absolute atomic E-state index is 11.7. The highest BCUT2D eigenvalue weighted by molar-refractivity contribution is 5.78. The number of nitriles is 1. The summed E-state index contributed by atoms with van der Waals surface area (Å²) in [5, 5.41) is 9.04. The fourth-order valence-electron chi connectivity index (χ4n) is 4.30. The maximum Gasteiger partial charge on any atom is 0.248 e. The Labute approximate surface area is 134 Å².